The van der Waals surface area contributed by atoms with Crippen LogP contribution in [0.4, 0.5) is 0 Å². The Labute approximate surface area is 161 Å². The third kappa shape index (κ3) is 3.35. The number of likely N-dealkylation sites (tertiary alicyclic amines) is 1. The van der Waals surface area contributed by atoms with E-state index in [9.17, 15) is 9.59 Å². The van der Waals surface area contributed by atoms with E-state index in [1.807, 2.05) is 53.6 Å². The number of piperidine rings is 1. The molecule has 1 aliphatic heterocycles. The summed E-state index contributed by atoms with van der Waals surface area (Å²) in [4.78, 5) is 28.0. The maximum absolute atomic E-state index is 12.7. The Morgan fingerprint density at radius 3 is 2.52 bits per heavy atom. The highest BCUT2D eigenvalue weighted by Gasteiger charge is 2.29. The van der Waals surface area contributed by atoms with E-state index in [4.69, 9.17) is 0 Å². The molecule has 0 spiro atoms. The summed E-state index contributed by atoms with van der Waals surface area (Å²) in [6.07, 6.45) is 1.61. The summed E-state index contributed by atoms with van der Waals surface area (Å²) in [5.74, 6) is 1.05. The molecule has 1 aliphatic rings. The number of carbonyl (C=O) groups is 1. The second kappa shape index (κ2) is 7.15. The molecule has 1 aromatic carbocycles. The molecule has 6 nitrogen and oxygen atoms in total. The first-order valence-corrected chi connectivity index (χ1v) is 9.98. The fourth-order valence-corrected chi connectivity index (χ4v) is 4.47. The number of amides is 1. The van der Waals surface area contributed by atoms with Crippen LogP contribution in [0, 0.1) is 6.92 Å². The molecule has 1 amide bonds. The van der Waals surface area contributed by atoms with Crippen LogP contribution in [0.15, 0.2) is 46.6 Å². The largest absolute Gasteiger partial charge is 0.350 e. The van der Waals surface area contributed by atoms with E-state index in [2.05, 4.69) is 5.10 Å². The van der Waals surface area contributed by atoms with Gasteiger partial charge in [0.05, 0.1) is 10.6 Å². The van der Waals surface area contributed by atoms with Gasteiger partial charge in [-0.25, -0.2) is 14.0 Å². The van der Waals surface area contributed by atoms with Crippen LogP contribution in [0.2, 0.25) is 0 Å². The molecular weight excluding hydrogens is 360 g/mol. The third-order valence-corrected chi connectivity index (χ3v) is 6.09. The van der Waals surface area contributed by atoms with Crippen molar-refractivity contribution in [2.45, 2.75) is 25.7 Å². The maximum atomic E-state index is 12.7. The number of aryl methyl sites for hydroxylation is 2. The SMILES string of the molecule is Cc1csc(C(=O)N2CCC(c3nn(C)c(=O)n3-c3ccccc3)CC2)c1. The molecule has 4 rings (SSSR count). The number of hydrogen-bond donors (Lipinski definition) is 0. The second-order valence-electron chi connectivity index (χ2n) is 6.99. The van der Waals surface area contributed by atoms with Gasteiger partial charge in [0.1, 0.15) is 5.82 Å². The lowest BCUT2D eigenvalue weighted by atomic mass is 9.95. The first-order valence-electron chi connectivity index (χ1n) is 9.10. The molecule has 1 saturated heterocycles. The fourth-order valence-electron chi connectivity index (χ4n) is 3.61. The van der Waals surface area contributed by atoms with Gasteiger partial charge < -0.3 is 4.90 Å². The first kappa shape index (κ1) is 17.7. The van der Waals surface area contributed by atoms with Crippen molar-refractivity contribution in [3.8, 4) is 5.69 Å². The summed E-state index contributed by atoms with van der Waals surface area (Å²) in [5.41, 5.74) is 1.82. The minimum Gasteiger partial charge on any atom is -0.338 e. The third-order valence-electron chi connectivity index (χ3n) is 5.05. The Hall–Kier alpha value is -2.67. The van der Waals surface area contributed by atoms with E-state index in [0.717, 1.165) is 34.8 Å². The molecule has 140 valence electrons. The van der Waals surface area contributed by atoms with Gasteiger partial charge in [-0.3, -0.25) is 4.79 Å². The number of thiophene rings is 1. The van der Waals surface area contributed by atoms with Crippen LogP contribution in [0.1, 0.15) is 39.8 Å². The van der Waals surface area contributed by atoms with Gasteiger partial charge >= 0.3 is 5.69 Å². The van der Waals surface area contributed by atoms with Crippen molar-refractivity contribution in [3.05, 3.63) is 68.5 Å². The Balaban J connectivity index is 1.55. The van der Waals surface area contributed by atoms with Crippen molar-refractivity contribution < 1.29 is 4.79 Å². The number of benzene rings is 1. The van der Waals surface area contributed by atoms with E-state index >= 15 is 0 Å². The summed E-state index contributed by atoms with van der Waals surface area (Å²) < 4.78 is 3.10. The van der Waals surface area contributed by atoms with Crippen molar-refractivity contribution in [1.29, 1.82) is 0 Å². The average molecular weight is 382 g/mol. The molecule has 1 fully saturated rings. The number of para-hydroxylation sites is 1. The maximum Gasteiger partial charge on any atom is 0.350 e. The minimum atomic E-state index is -0.135. The van der Waals surface area contributed by atoms with Gasteiger partial charge in [-0.1, -0.05) is 18.2 Å². The molecule has 3 aromatic rings. The molecular formula is C20H22N4O2S. The lowest BCUT2D eigenvalue weighted by Crippen LogP contribution is -2.38. The lowest BCUT2D eigenvalue weighted by molar-refractivity contribution is 0.0715. The Kier molecular flexibility index (Phi) is 4.70. The zero-order valence-corrected chi connectivity index (χ0v) is 16.3. The standard InChI is InChI=1S/C20H22N4O2S/c1-14-12-17(27-13-14)19(25)23-10-8-15(9-11-23)18-21-22(2)20(26)24(18)16-6-4-3-5-7-16/h3-7,12-13,15H,8-11H2,1-2H3. The Bertz CT molecular complexity index is 1010. The highest BCUT2D eigenvalue weighted by Crippen LogP contribution is 2.29. The van der Waals surface area contributed by atoms with Crippen LogP contribution in [0.5, 0.6) is 0 Å². The predicted octanol–water partition coefficient (Wildman–Crippen LogP) is 2.96. The highest BCUT2D eigenvalue weighted by molar-refractivity contribution is 7.12. The smallest absolute Gasteiger partial charge is 0.338 e. The molecule has 0 aliphatic carbocycles. The summed E-state index contributed by atoms with van der Waals surface area (Å²) in [6.45, 7) is 3.36. The van der Waals surface area contributed by atoms with Gasteiger partial charge in [0.15, 0.2) is 0 Å². The number of carbonyl (C=O) groups excluding carboxylic acids is 1. The zero-order valence-electron chi connectivity index (χ0n) is 15.5. The molecule has 0 saturated carbocycles. The van der Waals surface area contributed by atoms with Crippen molar-refractivity contribution in [3.63, 3.8) is 0 Å². The summed E-state index contributed by atoms with van der Waals surface area (Å²) in [5, 5.41) is 6.51. The summed E-state index contributed by atoms with van der Waals surface area (Å²) >= 11 is 1.50. The van der Waals surface area contributed by atoms with Crippen LogP contribution < -0.4 is 5.69 Å². The second-order valence-corrected chi connectivity index (χ2v) is 7.90. The van der Waals surface area contributed by atoms with Gasteiger partial charge in [0.2, 0.25) is 0 Å². The van der Waals surface area contributed by atoms with E-state index < -0.39 is 0 Å². The number of aromatic nitrogens is 3. The van der Waals surface area contributed by atoms with E-state index in [0.29, 0.717) is 13.1 Å². The van der Waals surface area contributed by atoms with Crippen molar-refractivity contribution in [2.75, 3.05) is 13.1 Å². The van der Waals surface area contributed by atoms with Crippen LogP contribution in [-0.4, -0.2) is 38.2 Å². The van der Waals surface area contributed by atoms with Gasteiger partial charge in [0, 0.05) is 26.1 Å². The van der Waals surface area contributed by atoms with Gasteiger partial charge in [0.25, 0.3) is 5.91 Å². The van der Waals surface area contributed by atoms with E-state index in [1.165, 1.54) is 16.0 Å². The van der Waals surface area contributed by atoms with Gasteiger partial charge in [-0.2, -0.15) is 5.10 Å². The number of rotatable bonds is 3. The molecule has 27 heavy (non-hydrogen) atoms. The Morgan fingerprint density at radius 2 is 1.89 bits per heavy atom. The zero-order chi connectivity index (χ0) is 19.0. The van der Waals surface area contributed by atoms with Gasteiger partial charge in [-0.15, -0.1) is 11.3 Å². The molecule has 0 radical (unpaired) electrons. The summed E-state index contributed by atoms with van der Waals surface area (Å²) in [7, 11) is 1.68. The fraction of sp³-hybridized carbons (Fsp3) is 0.350. The molecule has 0 atom stereocenters. The topological polar surface area (TPSA) is 60.1 Å². The monoisotopic (exact) mass is 382 g/mol. The summed E-state index contributed by atoms with van der Waals surface area (Å²) in [6, 6.07) is 11.6. The van der Waals surface area contributed by atoms with Crippen LogP contribution in [0.25, 0.3) is 5.69 Å². The minimum absolute atomic E-state index is 0.105. The van der Waals surface area contributed by atoms with Gasteiger partial charge in [-0.05, 0) is 48.9 Å². The van der Waals surface area contributed by atoms with Crippen molar-refractivity contribution >= 4 is 17.2 Å². The van der Waals surface area contributed by atoms with Crippen LogP contribution in [0.3, 0.4) is 0 Å². The molecule has 2 aromatic heterocycles. The normalized spacial score (nSPS) is 15.3. The quantitative estimate of drug-likeness (QED) is 0.700. The average Bonchev–Trinajstić information content (AvgIpc) is 3.26. The Morgan fingerprint density at radius 1 is 1.19 bits per heavy atom. The molecule has 0 bridgehead atoms. The highest BCUT2D eigenvalue weighted by atomic mass is 32.1. The predicted molar refractivity (Wildman–Crippen MR) is 106 cm³/mol. The number of hydrogen-bond acceptors (Lipinski definition) is 4. The molecule has 3 heterocycles. The van der Waals surface area contributed by atoms with Crippen molar-refractivity contribution in [1.82, 2.24) is 19.2 Å². The van der Waals surface area contributed by atoms with E-state index in [1.54, 1.807) is 11.6 Å². The molecule has 7 heteroatoms. The molecule has 0 unspecified atom stereocenters. The van der Waals surface area contributed by atoms with Crippen LogP contribution in [-0.2, 0) is 7.05 Å². The molecule has 0 N–H and O–H groups in total. The van der Waals surface area contributed by atoms with E-state index in [-0.39, 0.29) is 17.5 Å². The lowest BCUT2D eigenvalue weighted by Gasteiger charge is -2.31. The first-order chi connectivity index (χ1) is 13.0. The van der Waals surface area contributed by atoms with Crippen molar-refractivity contribution in [2.24, 2.45) is 7.05 Å². The number of nitrogens with zero attached hydrogens (tertiary/aromatic N) is 4. The van der Waals surface area contributed by atoms with Crippen LogP contribution >= 0.6 is 11.3 Å².